The number of rotatable bonds is 5. The Hall–Kier alpha value is -1.69. The van der Waals surface area contributed by atoms with Gasteiger partial charge in [-0.05, 0) is 32.0 Å². The summed E-state index contributed by atoms with van der Waals surface area (Å²) >= 11 is 0. The predicted molar refractivity (Wildman–Crippen MR) is 70.5 cm³/mol. The van der Waals surface area contributed by atoms with E-state index in [-0.39, 0.29) is 24.3 Å². The molecule has 1 atom stereocenters. The minimum atomic E-state index is -0.800. The molecule has 1 aromatic rings. The molecule has 2 rings (SSSR count). The van der Waals surface area contributed by atoms with E-state index in [2.05, 4.69) is 5.32 Å². The highest BCUT2D eigenvalue weighted by atomic mass is 19.1. The van der Waals surface area contributed by atoms with Crippen LogP contribution in [-0.4, -0.2) is 43.6 Å². The van der Waals surface area contributed by atoms with Crippen LogP contribution in [-0.2, 0) is 4.79 Å². The van der Waals surface area contributed by atoms with Crippen LogP contribution in [0.2, 0.25) is 0 Å². The van der Waals surface area contributed by atoms with Crippen molar-refractivity contribution in [3.8, 4) is 5.75 Å². The zero-order valence-corrected chi connectivity index (χ0v) is 11.4. The number of benzene rings is 1. The fraction of sp³-hybridized carbons (Fsp3) is 0.500. The van der Waals surface area contributed by atoms with Crippen LogP contribution < -0.4 is 10.1 Å². The summed E-state index contributed by atoms with van der Waals surface area (Å²) in [4.78, 5) is 13.8. The Labute approximate surface area is 116 Å². The quantitative estimate of drug-likeness (QED) is 0.892. The summed E-state index contributed by atoms with van der Waals surface area (Å²) in [5.41, 5.74) is 0. The standard InChI is InChI=1S/C14H18F2N2O2/c1-17-8-11-3-2-6-18(11)14(19)9-20-13-5-4-10(15)7-12(13)16/h4-5,7,11,17H,2-3,6,8-9H2,1H3. The van der Waals surface area contributed by atoms with Crippen molar-refractivity contribution in [2.24, 2.45) is 0 Å². The molecule has 0 bridgehead atoms. The number of nitrogens with one attached hydrogen (secondary N) is 1. The smallest absolute Gasteiger partial charge is 0.260 e. The molecule has 1 unspecified atom stereocenters. The summed E-state index contributed by atoms with van der Waals surface area (Å²) in [6.07, 6.45) is 1.92. The largest absolute Gasteiger partial charge is 0.481 e. The topological polar surface area (TPSA) is 41.6 Å². The van der Waals surface area contributed by atoms with E-state index in [0.717, 1.165) is 31.5 Å². The lowest BCUT2D eigenvalue weighted by Crippen LogP contribution is -2.43. The molecular weight excluding hydrogens is 266 g/mol. The average molecular weight is 284 g/mol. The highest BCUT2D eigenvalue weighted by Crippen LogP contribution is 2.19. The van der Waals surface area contributed by atoms with Crippen molar-refractivity contribution >= 4 is 5.91 Å². The van der Waals surface area contributed by atoms with Crippen molar-refractivity contribution in [1.82, 2.24) is 10.2 Å². The van der Waals surface area contributed by atoms with Gasteiger partial charge in [0, 0.05) is 25.2 Å². The van der Waals surface area contributed by atoms with Gasteiger partial charge < -0.3 is 15.0 Å². The van der Waals surface area contributed by atoms with Gasteiger partial charge in [0.25, 0.3) is 5.91 Å². The van der Waals surface area contributed by atoms with Gasteiger partial charge >= 0.3 is 0 Å². The maximum absolute atomic E-state index is 13.4. The molecule has 1 N–H and O–H groups in total. The minimum Gasteiger partial charge on any atom is -0.481 e. The third-order valence-corrected chi connectivity index (χ3v) is 3.38. The van der Waals surface area contributed by atoms with Gasteiger partial charge in [0.15, 0.2) is 18.2 Å². The average Bonchev–Trinajstić information content (AvgIpc) is 2.86. The van der Waals surface area contributed by atoms with Crippen molar-refractivity contribution in [3.63, 3.8) is 0 Å². The Bertz CT molecular complexity index is 482. The molecule has 0 aromatic heterocycles. The zero-order valence-electron chi connectivity index (χ0n) is 11.4. The molecule has 1 saturated heterocycles. The molecule has 0 aliphatic carbocycles. The molecule has 1 fully saturated rings. The van der Waals surface area contributed by atoms with Crippen molar-refractivity contribution in [2.75, 3.05) is 26.7 Å². The third-order valence-electron chi connectivity index (χ3n) is 3.38. The number of likely N-dealkylation sites (tertiary alicyclic amines) is 1. The van der Waals surface area contributed by atoms with Crippen molar-refractivity contribution in [1.29, 1.82) is 0 Å². The van der Waals surface area contributed by atoms with E-state index in [1.807, 2.05) is 7.05 Å². The Balaban J connectivity index is 1.91. The Morgan fingerprint density at radius 3 is 3.00 bits per heavy atom. The number of carbonyl (C=O) groups is 1. The van der Waals surface area contributed by atoms with Crippen LogP contribution in [0.3, 0.4) is 0 Å². The van der Waals surface area contributed by atoms with E-state index in [1.165, 1.54) is 6.07 Å². The highest BCUT2D eigenvalue weighted by molar-refractivity contribution is 5.78. The summed E-state index contributed by atoms with van der Waals surface area (Å²) in [5.74, 6) is -1.75. The van der Waals surface area contributed by atoms with Crippen LogP contribution in [0.4, 0.5) is 8.78 Å². The van der Waals surface area contributed by atoms with Crippen LogP contribution in [0.5, 0.6) is 5.75 Å². The molecule has 1 aromatic carbocycles. The molecule has 0 radical (unpaired) electrons. The second-order valence-corrected chi connectivity index (χ2v) is 4.80. The Kier molecular flexibility index (Phi) is 4.89. The monoisotopic (exact) mass is 284 g/mol. The number of likely N-dealkylation sites (N-methyl/N-ethyl adjacent to an activating group) is 1. The van der Waals surface area contributed by atoms with Gasteiger partial charge in [-0.1, -0.05) is 0 Å². The van der Waals surface area contributed by atoms with Gasteiger partial charge in [0.2, 0.25) is 0 Å². The molecule has 1 amide bonds. The van der Waals surface area contributed by atoms with E-state index < -0.39 is 11.6 Å². The number of hydrogen-bond donors (Lipinski definition) is 1. The molecule has 1 aliphatic heterocycles. The first-order valence-corrected chi connectivity index (χ1v) is 6.63. The molecule has 4 nitrogen and oxygen atoms in total. The number of ether oxygens (including phenoxy) is 1. The van der Waals surface area contributed by atoms with E-state index >= 15 is 0 Å². The van der Waals surface area contributed by atoms with E-state index in [0.29, 0.717) is 6.54 Å². The summed E-state index contributed by atoms with van der Waals surface area (Å²) in [6, 6.07) is 3.18. The Morgan fingerprint density at radius 1 is 1.50 bits per heavy atom. The fourth-order valence-electron chi connectivity index (χ4n) is 2.43. The number of halogens is 2. The van der Waals surface area contributed by atoms with Crippen LogP contribution in [0, 0.1) is 11.6 Å². The predicted octanol–water partition coefficient (Wildman–Crippen LogP) is 1.55. The lowest BCUT2D eigenvalue weighted by molar-refractivity contribution is -0.134. The SMILES string of the molecule is CNCC1CCCN1C(=O)COc1ccc(F)cc1F. The summed E-state index contributed by atoms with van der Waals surface area (Å²) in [7, 11) is 1.84. The van der Waals surface area contributed by atoms with Crippen molar-refractivity contribution in [2.45, 2.75) is 18.9 Å². The lowest BCUT2D eigenvalue weighted by Gasteiger charge is -2.24. The van der Waals surface area contributed by atoms with E-state index in [9.17, 15) is 13.6 Å². The van der Waals surface area contributed by atoms with Gasteiger partial charge in [0.1, 0.15) is 5.82 Å². The van der Waals surface area contributed by atoms with E-state index in [4.69, 9.17) is 4.74 Å². The van der Waals surface area contributed by atoms with E-state index in [1.54, 1.807) is 4.90 Å². The molecular formula is C14H18F2N2O2. The lowest BCUT2D eigenvalue weighted by atomic mass is 10.2. The first-order chi connectivity index (χ1) is 9.61. The first kappa shape index (κ1) is 14.7. The number of nitrogens with zero attached hydrogens (tertiary/aromatic N) is 1. The maximum Gasteiger partial charge on any atom is 0.260 e. The van der Waals surface area contributed by atoms with Gasteiger partial charge in [-0.25, -0.2) is 8.78 Å². The molecule has 6 heteroatoms. The van der Waals surface area contributed by atoms with Gasteiger partial charge in [0.05, 0.1) is 0 Å². The normalized spacial score (nSPS) is 18.4. The summed E-state index contributed by atoms with van der Waals surface area (Å²) in [5, 5.41) is 3.05. The van der Waals surface area contributed by atoms with Crippen LogP contribution in [0.25, 0.3) is 0 Å². The highest BCUT2D eigenvalue weighted by Gasteiger charge is 2.28. The van der Waals surface area contributed by atoms with Crippen LogP contribution >= 0.6 is 0 Å². The second kappa shape index (κ2) is 6.65. The van der Waals surface area contributed by atoms with Crippen molar-refractivity contribution in [3.05, 3.63) is 29.8 Å². The molecule has 1 heterocycles. The maximum atomic E-state index is 13.4. The molecule has 0 spiro atoms. The van der Waals surface area contributed by atoms with Gasteiger partial charge in [-0.15, -0.1) is 0 Å². The third kappa shape index (κ3) is 3.45. The number of amides is 1. The van der Waals surface area contributed by atoms with Gasteiger partial charge in [-0.2, -0.15) is 0 Å². The first-order valence-electron chi connectivity index (χ1n) is 6.63. The Morgan fingerprint density at radius 2 is 2.30 bits per heavy atom. The van der Waals surface area contributed by atoms with Crippen LogP contribution in [0.1, 0.15) is 12.8 Å². The fourth-order valence-corrected chi connectivity index (χ4v) is 2.43. The molecule has 110 valence electrons. The number of carbonyl (C=O) groups excluding carboxylic acids is 1. The van der Waals surface area contributed by atoms with Crippen LogP contribution in [0.15, 0.2) is 18.2 Å². The minimum absolute atomic E-state index is 0.107. The molecule has 1 aliphatic rings. The molecule has 0 saturated carbocycles. The second-order valence-electron chi connectivity index (χ2n) is 4.80. The summed E-state index contributed by atoms with van der Waals surface area (Å²) < 4.78 is 31.3. The summed E-state index contributed by atoms with van der Waals surface area (Å²) in [6.45, 7) is 1.19. The van der Waals surface area contributed by atoms with Crippen molar-refractivity contribution < 1.29 is 18.3 Å². The van der Waals surface area contributed by atoms with Gasteiger partial charge in [-0.3, -0.25) is 4.79 Å². The number of hydrogen-bond acceptors (Lipinski definition) is 3. The molecule has 20 heavy (non-hydrogen) atoms. The zero-order chi connectivity index (χ0) is 14.5.